The number of aliphatic hydroxyl groups is 2. The first-order valence-corrected chi connectivity index (χ1v) is 19.4. The molecule has 0 unspecified atom stereocenters. The van der Waals surface area contributed by atoms with Gasteiger partial charge in [-0.1, -0.05) is 62.4 Å². The third-order valence-electron chi connectivity index (χ3n) is 9.57. The summed E-state index contributed by atoms with van der Waals surface area (Å²) < 4.78 is 64.3. The minimum absolute atomic E-state index is 0.0716. The quantitative estimate of drug-likeness (QED) is 0.0968. The molecular weight excluding hydrogens is 704 g/mol. The third kappa shape index (κ3) is 11.7. The fraction of sp³-hybridized carbons (Fsp3) is 0.647. The molecule has 1 aromatic carbocycles. The lowest BCUT2D eigenvalue weighted by molar-refractivity contribution is -0.297. The van der Waals surface area contributed by atoms with Crippen LogP contribution >= 0.6 is 0 Å². The lowest BCUT2D eigenvalue weighted by Crippen LogP contribution is -2.68. The molecule has 1 saturated heterocycles. The van der Waals surface area contributed by atoms with E-state index in [1.54, 1.807) is 30.3 Å². The van der Waals surface area contributed by atoms with Crippen molar-refractivity contribution in [3.05, 3.63) is 54.1 Å². The number of alkyl halides is 2. The van der Waals surface area contributed by atoms with E-state index in [4.69, 9.17) is 4.74 Å². The van der Waals surface area contributed by atoms with Crippen molar-refractivity contribution >= 4 is 27.7 Å². The van der Waals surface area contributed by atoms with Gasteiger partial charge in [0.2, 0.25) is 21.8 Å². The standard InChI is InChI=1S/C34H51F2N7O8S/c1-2-52(49,50)42-28(19-24-9-5-3-6-10-24)31(45)40-27(21-26-22-37-23-39-26)30(44)41-29(20-25-11-7-4-8-12-25)34(47,48)33(35,36)32(46)38-13-14-43-15-17-51-18-16-43/h3,5-6,9-10,22-23,25,27-29,42,47-48H,2,4,7-8,11-21H2,1H3,(H,37,39)(H,38,46)(H,40,45)(H,41,44)/t27-,28-,29-/m0/s1. The topological polar surface area (TPSA) is 215 Å². The van der Waals surface area contributed by atoms with E-state index in [1.807, 2.05) is 4.90 Å². The molecule has 18 heteroatoms. The number of hydrogen-bond acceptors (Lipinski definition) is 10. The number of rotatable bonds is 19. The van der Waals surface area contributed by atoms with Crippen LogP contribution in [0.15, 0.2) is 42.9 Å². The number of morpholine rings is 1. The fourth-order valence-corrected chi connectivity index (χ4v) is 7.23. The van der Waals surface area contributed by atoms with Crippen LogP contribution in [0.2, 0.25) is 0 Å². The van der Waals surface area contributed by atoms with Gasteiger partial charge in [-0.3, -0.25) is 19.3 Å². The van der Waals surface area contributed by atoms with Gasteiger partial charge in [0.15, 0.2) is 0 Å². The summed E-state index contributed by atoms with van der Waals surface area (Å²) in [6.45, 7) is 3.50. The normalized spacial score (nSPS) is 18.2. The summed E-state index contributed by atoms with van der Waals surface area (Å²) in [6, 6.07) is 3.68. The van der Waals surface area contributed by atoms with Crippen LogP contribution in [0, 0.1) is 5.92 Å². The lowest BCUT2D eigenvalue weighted by Gasteiger charge is -2.39. The van der Waals surface area contributed by atoms with Crippen LogP contribution in [-0.2, 0) is 42.0 Å². The first kappa shape index (κ1) is 41.2. The zero-order valence-corrected chi connectivity index (χ0v) is 30.2. The predicted molar refractivity (Wildman–Crippen MR) is 186 cm³/mol. The van der Waals surface area contributed by atoms with Gasteiger partial charge < -0.3 is 35.9 Å². The average Bonchev–Trinajstić information content (AvgIpc) is 3.65. The second kappa shape index (κ2) is 19.0. The number of benzene rings is 1. The van der Waals surface area contributed by atoms with Crippen LogP contribution in [0.25, 0.3) is 0 Å². The van der Waals surface area contributed by atoms with Gasteiger partial charge in [-0.2, -0.15) is 8.78 Å². The number of aromatic amines is 1. The van der Waals surface area contributed by atoms with Gasteiger partial charge >= 0.3 is 5.92 Å². The molecule has 290 valence electrons. The number of imidazole rings is 1. The largest absolute Gasteiger partial charge is 0.379 e. The van der Waals surface area contributed by atoms with Gasteiger partial charge in [0.05, 0.1) is 31.3 Å². The highest BCUT2D eigenvalue weighted by Crippen LogP contribution is 2.36. The Hall–Kier alpha value is -3.55. The molecular formula is C34H51F2N7O8S. The average molecular weight is 756 g/mol. The van der Waals surface area contributed by atoms with Gasteiger partial charge in [-0.15, -0.1) is 0 Å². The SMILES string of the molecule is CCS(=O)(=O)N[C@@H](Cc1ccccc1)C(=O)N[C@@H](Cc1cnc[nH]1)C(=O)N[C@@H](CC1CCCCC1)C(O)(O)C(F)(F)C(=O)NCCN1CCOCC1. The number of nitrogens with zero attached hydrogens (tertiary/aromatic N) is 2. The molecule has 0 radical (unpaired) electrons. The molecule has 15 nitrogen and oxygen atoms in total. The Bertz CT molecular complexity index is 1540. The summed E-state index contributed by atoms with van der Waals surface area (Å²) in [4.78, 5) is 49.2. The number of aromatic nitrogens is 2. The monoisotopic (exact) mass is 755 g/mol. The Labute approximate surface area is 302 Å². The second-order valence-corrected chi connectivity index (χ2v) is 15.5. The highest BCUT2D eigenvalue weighted by molar-refractivity contribution is 7.89. The molecule has 1 saturated carbocycles. The van der Waals surface area contributed by atoms with Crippen LogP contribution in [-0.4, -0.2) is 126 Å². The third-order valence-corrected chi connectivity index (χ3v) is 11.0. The van der Waals surface area contributed by atoms with Crippen molar-refractivity contribution in [2.75, 3.05) is 45.1 Å². The highest BCUT2D eigenvalue weighted by atomic mass is 32.2. The number of nitrogens with one attached hydrogen (secondary N) is 5. The number of hydrogen-bond donors (Lipinski definition) is 7. The van der Waals surface area contributed by atoms with Crippen LogP contribution in [0.3, 0.4) is 0 Å². The van der Waals surface area contributed by atoms with Gasteiger partial charge in [0.25, 0.3) is 11.7 Å². The van der Waals surface area contributed by atoms with Gasteiger partial charge in [0, 0.05) is 44.5 Å². The molecule has 0 spiro atoms. The molecule has 0 bridgehead atoms. The predicted octanol–water partition coefficient (Wildman–Crippen LogP) is 0.207. The molecule has 2 fully saturated rings. The van der Waals surface area contributed by atoms with Crippen molar-refractivity contribution in [3.8, 4) is 0 Å². The minimum Gasteiger partial charge on any atom is -0.379 e. The molecule has 1 aromatic heterocycles. The summed E-state index contributed by atoms with van der Waals surface area (Å²) in [7, 11) is -3.91. The van der Waals surface area contributed by atoms with E-state index in [0.29, 0.717) is 50.4 Å². The second-order valence-electron chi connectivity index (χ2n) is 13.4. The number of amides is 3. The van der Waals surface area contributed by atoms with Crippen molar-refractivity contribution in [2.24, 2.45) is 5.92 Å². The molecule has 1 aliphatic heterocycles. The summed E-state index contributed by atoms with van der Waals surface area (Å²) in [6.07, 6.45) is 5.77. The maximum atomic E-state index is 15.8. The smallest absolute Gasteiger partial charge is 0.378 e. The van der Waals surface area contributed by atoms with E-state index >= 15 is 8.78 Å². The van der Waals surface area contributed by atoms with Crippen LogP contribution < -0.4 is 20.7 Å². The molecule has 4 rings (SSSR count). The van der Waals surface area contributed by atoms with Crippen molar-refractivity contribution in [1.29, 1.82) is 0 Å². The van der Waals surface area contributed by atoms with E-state index in [0.717, 1.165) is 19.3 Å². The first-order chi connectivity index (χ1) is 24.7. The number of halogens is 2. The summed E-state index contributed by atoms with van der Waals surface area (Å²) >= 11 is 0. The number of carbonyl (C=O) groups is 3. The van der Waals surface area contributed by atoms with Crippen molar-refractivity contribution in [3.63, 3.8) is 0 Å². The highest BCUT2D eigenvalue weighted by Gasteiger charge is 2.62. The molecule has 52 heavy (non-hydrogen) atoms. The molecule has 3 atom stereocenters. The van der Waals surface area contributed by atoms with Crippen LogP contribution in [0.1, 0.15) is 56.7 Å². The van der Waals surface area contributed by atoms with E-state index in [1.165, 1.54) is 19.4 Å². The summed E-state index contributed by atoms with van der Waals surface area (Å²) in [5.74, 6) is -13.2. The Kier molecular flexibility index (Phi) is 15.0. The Morgan fingerprint density at radius 1 is 1.02 bits per heavy atom. The Balaban J connectivity index is 1.56. The van der Waals surface area contributed by atoms with Crippen molar-refractivity contribution in [1.82, 2.24) is 35.5 Å². The molecule has 3 amide bonds. The van der Waals surface area contributed by atoms with Crippen LogP contribution in [0.5, 0.6) is 0 Å². The maximum Gasteiger partial charge on any atom is 0.378 e. The van der Waals surface area contributed by atoms with E-state index < -0.39 is 57.6 Å². The molecule has 1 aliphatic carbocycles. The summed E-state index contributed by atoms with van der Waals surface area (Å²) in [5.41, 5.74) is 0.988. The number of carbonyl (C=O) groups excluding carboxylic acids is 3. The molecule has 2 aromatic rings. The first-order valence-electron chi connectivity index (χ1n) is 17.7. The summed E-state index contributed by atoms with van der Waals surface area (Å²) in [5, 5.41) is 29.3. The van der Waals surface area contributed by atoms with Crippen molar-refractivity contribution < 1.29 is 46.5 Å². The fourth-order valence-electron chi connectivity index (χ4n) is 6.44. The number of sulfonamides is 1. The molecule has 2 aliphatic rings. The number of H-pyrrole nitrogens is 1. The zero-order chi connectivity index (χ0) is 37.8. The minimum atomic E-state index is -4.76. The van der Waals surface area contributed by atoms with Gasteiger partial charge in [-0.25, -0.2) is 18.1 Å². The van der Waals surface area contributed by atoms with E-state index in [2.05, 4.69) is 30.6 Å². The van der Waals surface area contributed by atoms with E-state index in [-0.39, 0.29) is 44.0 Å². The van der Waals surface area contributed by atoms with Crippen molar-refractivity contribution in [2.45, 2.75) is 88.1 Å². The van der Waals surface area contributed by atoms with Crippen LogP contribution in [0.4, 0.5) is 8.78 Å². The molecule has 2 heterocycles. The Morgan fingerprint density at radius 2 is 1.69 bits per heavy atom. The number of ether oxygens (including phenoxy) is 1. The van der Waals surface area contributed by atoms with E-state index in [9.17, 15) is 33.0 Å². The van der Waals surface area contributed by atoms with Gasteiger partial charge in [-0.05, 0) is 31.2 Å². The Morgan fingerprint density at radius 3 is 2.33 bits per heavy atom. The van der Waals surface area contributed by atoms with Gasteiger partial charge in [0.1, 0.15) is 12.1 Å². The maximum absolute atomic E-state index is 15.8. The molecule has 7 N–H and O–H groups in total. The zero-order valence-electron chi connectivity index (χ0n) is 29.4. The lowest BCUT2D eigenvalue weighted by atomic mass is 9.81.